The molecule has 4 nitrogen and oxygen atoms in total. The molecule has 0 spiro atoms. The molecule has 1 atom stereocenters. The Labute approximate surface area is 82.8 Å². The van der Waals surface area contributed by atoms with Gasteiger partial charge in [-0.2, -0.15) is 0 Å². The van der Waals surface area contributed by atoms with E-state index in [0.29, 0.717) is 4.77 Å². The van der Waals surface area contributed by atoms with E-state index in [0.717, 1.165) is 11.5 Å². The van der Waals surface area contributed by atoms with E-state index in [1.807, 2.05) is 32.0 Å². The summed E-state index contributed by atoms with van der Waals surface area (Å²) < 4.78 is 0.471. The summed E-state index contributed by atoms with van der Waals surface area (Å²) in [6.07, 6.45) is 0. The maximum atomic E-state index is 5.73. The highest BCUT2D eigenvalue weighted by Gasteiger charge is 2.03. The topological polar surface area (TPSA) is 57.9 Å². The Hall–Kier alpha value is -0.940. The van der Waals surface area contributed by atoms with Gasteiger partial charge in [0.15, 0.2) is 4.77 Å². The molecule has 3 N–H and O–H groups in total. The molecule has 1 aromatic heterocycles. The van der Waals surface area contributed by atoms with Gasteiger partial charge in [-0.3, -0.25) is 0 Å². The van der Waals surface area contributed by atoms with E-state index in [1.54, 1.807) is 0 Å². The number of aromatic nitrogens is 2. The van der Waals surface area contributed by atoms with E-state index < -0.39 is 0 Å². The fourth-order valence-corrected chi connectivity index (χ4v) is 1.15. The second-order valence-electron chi connectivity index (χ2n) is 3.18. The van der Waals surface area contributed by atoms with E-state index in [-0.39, 0.29) is 6.04 Å². The molecular weight excluding hydrogens is 184 g/mol. The van der Waals surface area contributed by atoms with Gasteiger partial charge in [-0.1, -0.05) is 0 Å². The second kappa shape index (κ2) is 3.85. The Morgan fingerprint density at radius 2 is 2.23 bits per heavy atom. The van der Waals surface area contributed by atoms with Gasteiger partial charge >= 0.3 is 0 Å². The van der Waals surface area contributed by atoms with Gasteiger partial charge < -0.3 is 15.6 Å². The largest absolute Gasteiger partial charge is 0.363 e. The predicted octanol–water partition coefficient (Wildman–Crippen LogP) is 1.22. The Balaban J connectivity index is 3.19. The molecule has 1 rings (SSSR count). The lowest BCUT2D eigenvalue weighted by molar-refractivity contribution is 0.769. The summed E-state index contributed by atoms with van der Waals surface area (Å²) in [7, 11) is 3.84. The molecule has 0 bridgehead atoms. The minimum atomic E-state index is -0.0524. The lowest BCUT2D eigenvalue weighted by Gasteiger charge is -2.13. The highest BCUT2D eigenvalue weighted by molar-refractivity contribution is 7.71. The molecule has 0 aliphatic carbocycles. The van der Waals surface area contributed by atoms with Crippen molar-refractivity contribution in [3.8, 4) is 0 Å². The van der Waals surface area contributed by atoms with Gasteiger partial charge in [0.05, 0.1) is 0 Å². The van der Waals surface area contributed by atoms with Crippen LogP contribution in [0.15, 0.2) is 6.07 Å². The fourth-order valence-electron chi connectivity index (χ4n) is 0.937. The number of aromatic amines is 1. The van der Waals surface area contributed by atoms with Crippen molar-refractivity contribution < 1.29 is 0 Å². The molecule has 0 radical (unpaired) electrons. The Morgan fingerprint density at radius 1 is 1.62 bits per heavy atom. The van der Waals surface area contributed by atoms with Gasteiger partial charge in [0, 0.05) is 31.9 Å². The van der Waals surface area contributed by atoms with Crippen LogP contribution in [-0.4, -0.2) is 24.1 Å². The number of hydrogen-bond donors (Lipinski definition) is 2. The summed E-state index contributed by atoms with van der Waals surface area (Å²) in [5, 5.41) is 0. The van der Waals surface area contributed by atoms with Crippen LogP contribution in [0.25, 0.3) is 0 Å². The van der Waals surface area contributed by atoms with Crippen LogP contribution in [0.4, 0.5) is 5.82 Å². The first kappa shape index (κ1) is 10.1. The molecule has 1 heterocycles. The molecule has 0 aliphatic rings. The normalized spacial score (nSPS) is 12.6. The van der Waals surface area contributed by atoms with E-state index in [4.69, 9.17) is 18.0 Å². The monoisotopic (exact) mass is 198 g/mol. The summed E-state index contributed by atoms with van der Waals surface area (Å²) in [5.74, 6) is 0.830. The van der Waals surface area contributed by atoms with Crippen molar-refractivity contribution in [3.05, 3.63) is 16.5 Å². The highest BCUT2D eigenvalue weighted by Crippen LogP contribution is 2.12. The molecule has 0 saturated carbocycles. The van der Waals surface area contributed by atoms with Crippen molar-refractivity contribution in [2.24, 2.45) is 5.73 Å². The fraction of sp³-hybridized carbons (Fsp3) is 0.500. The maximum absolute atomic E-state index is 5.73. The van der Waals surface area contributed by atoms with Crippen LogP contribution in [0, 0.1) is 4.77 Å². The second-order valence-corrected chi connectivity index (χ2v) is 3.57. The maximum Gasteiger partial charge on any atom is 0.199 e. The molecule has 0 aliphatic heterocycles. The number of nitrogens with one attached hydrogen (secondary N) is 1. The van der Waals surface area contributed by atoms with E-state index in [2.05, 4.69) is 9.97 Å². The Morgan fingerprint density at radius 3 is 2.69 bits per heavy atom. The van der Waals surface area contributed by atoms with Gasteiger partial charge in [-0.05, 0) is 19.1 Å². The predicted molar refractivity (Wildman–Crippen MR) is 56.4 cm³/mol. The summed E-state index contributed by atoms with van der Waals surface area (Å²) >= 11 is 4.98. The average Bonchev–Trinajstić information content (AvgIpc) is 2.03. The number of nitrogens with two attached hydrogens (primary N) is 1. The van der Waals surface area contributed by atoms with Crippen LogP contribution < -0.4 is 10.6 Å². The van der Waals surface area contributed by atoms with Gasteiger partial charge in [-0.15, -0.1) is 0 Å². The zero-order valence-corrected chi connectivity index (χ0v) is 8.85. The minimum absolute atomic E-state index is 0.0524. The number of anilines is 1. The summed E-state index contributed by atoms with van der Waals surface area (Å²) in [6.45, 7) is 1.90. The molecule has 0 fully saturated rings. The molecule has 0 unspecified atom stereocenters. The average molecular weight is 198 g/mol. The lowest BCUT2D eigenvalue weighted by atomic mass is 10.2. The van der Waals surface area contributed by atoms with Crippen molar-refractivity contribution in [2.45, 2.75) is 13.0 Å². The third kappa shape index (κ3) is 2.50. The van der Waals surface area contributed by atoms with Crippen molar-refractivity contribution in [3.63, 3.8) is 0 Å². The van der Waals surface area contributed by atoms with Crippen LogP contribution in [0.1, 0.15) is 18.7 Å². The van der Waals surface area contributed by atoms with Gasteiger partial charge in [-0.25, -0.2) is 4.98 Å². The van der Waals surface area contributed by atoms with Gasteiger partial charge in [0.25, 0.3) is 0 Å². The third-order valence-electron chi connectivity index (χ3n) is 1.70. The SMILES string of the molecule is C[C@H](N)c1cc(N(C)C)nc(=S)[nH]1. The van der Waals surface area contributed by atoms with Crippen LogP contribution in [0.3, 0.4) is 0 Å². The number of hydrogen-bond acceptors (Lipinski definition) is 4. The van der Waals surface area contributed by atoms with Crippen molar-refractivity contribution in [2.75, 3.05) is 19.0 Å². The Bertz CT molecular complexity index is 313. The summed E-state index contributed by atoms with van der Waals surface area (Å²) in [4.78, 5) is 9.00. The minimum Gasteiger partial charge on any atom is -0.363 e. The van der Waals surface area contributed by atoms with Gasteiger partial charge in [0.1, 0.15) is 5.82 Å². The van der Waals surface area contributed by atoms with Crippen LogP contribution in [0.2, 0.25) is 0 Å². The molecule has 0 amide bonds. The first-order valence-electron chi connectivity index (χ1n) is 4.05. The molecule has 72 valence electrons. The van der Waals surface area contributed by atoms with Crippen LogP contribution in [-0.2, 0) is 0 Å². The van der Waals surface area contributed by atoms with Crippen molar-refractivity contribution in [1.29, 1.82) is 0 Å². The molecule has 0 aromatic carbocycles. The number of H-pyrrole nitrogens is 1. The van der Waals surface area contributed by atoms with Crippen molar-refractivity contribution in [1.82, 2.24) is 9.97 Å². The molecule has 13 heavy (non-hydrogen) atoms. The molecule has 5 heteroatoms. The van der Waals surface area contributed by atoms with E-state index in [1.165, 1.54) is 0 Å². The van der Waals surface area contributed by atoms with Crippen LogP contribution >= 0.6 is 12.2 Å². The summed E-state index contributed by atoms with van der Waals surface area (Å²) in [6, 6.07) is 1.85. The van der Waals surface area contributed by atoms with Gasteiger partial charge in [0.2, 0.25) is 0 Å². The molecular formula is C8H14N4S. The Kier molecular flexibility index (Phi) is 3.00. The van der Waals surface area contributed by atoms with Crippen molar-refractivity contribution >= 4 is 18.0 Å². The lowest BCUT2D eigenvalue weighted by Crippen LogP contribution is -2.14. The smallest absolute Gasteiger partial charge is 0.199 e. The standard InChI is InChI=1S/C8H14N4S/c1-5(9)6-4-7(12(2)3)11-8(13)10-6/h4-5H,9H2,1-3H3,(H,10,11,13)/t5-/m0/s1. The number of rotatable bonds is 2. The number of nitrogens with zero attached hydrogens (tertiary/aromatic N) is 2. The zero-order chi connectivity index (χ0) is 10.0. The van der Waals surface area contributed by atoms with Crippen LogP contribution in [0.5, 0.6) is 0 Å². The third-order valence-corrected chi connectivity index (χ3v) is 1.89. The first-order valence-corrected chi connectivity index (χ1v) is 4.45. The zero-order valence-electron chi connectivity index (χ0n) is 8.03. The molecule has 0 saturated heterocycles. The van der Waals surface area contributed by atoms with E-state index >= 15 is 0 Å². The summed E-state index contributed by atoms with van der Waals surface area (Å²) in [5.41, 5.74) is 6.63. The first-order chi connectivity index (χ1) is 6.00. The van der Waals surface area contributed by atoms with E-state index in [9.17, 15) is 0 Å². The molecule has 1 aromatic rings. The highest BCUT2D eigenvalue weighted by atomic mass is 32.1. The quantitative estimate of drug-likeness (QED) is 0.702.